The van der Waals surface area contributed by atoms with Crippen LogP contribution in [0.3, 0.4) is 0 Å². The van der Waals surface area contributed by atoms with Crippen molar-refractivity contribution in [1.29, 1.82) is 0 Å². The van der Waals surface area contributed by atoms with Crippen LogP contribution < -0.4 is 10.6 Å². The number of hydrogen-bond acceptors (Lipinski definition) is 2. The maximum Gasteiger partial charge on any atom is 0.238 e. The Balaban J connectivity index is 2.09. The lowest BCUT2D eigenvalue weighted by Gasteiger charge is -2.19. The van der Waals surface area contributed by atoms with Crippen LogP contribution in [0.5, 0.6) is 0 Å². The number of halogens is 1. The number of hydrogen-bond donors (Lipinski definition) is 2. The number of nitrogens with one attached hydrogen (secondary N) is 2. The smallest absolute Gasteiger partial charge is 0.238 e. The summed E-state index contributed by atoms with van der Waals surface area (Å²) >= 11 is 0. The highest BCUT2D eigenvalue weighted by atomic mass is 19.1. The van der Waals surface area contributed by atoms with Crippen LogP contribution in [0.4, 0.5) is 10.1 Å². The summed E-state index contributed by atoms with van der Waals surface area (Å²) in [7, 11) is 0. The molecule has 0 aliphatic carbocycles. The van der Waals surface area contributed by atoms with Gasteiger partial charge < -0.3 is 5.32 Å². The van der Waals surface area contributed by atoms with Gasteiger partial charge in [0.1, 0.15) is 5.82 Å². The second kappa shape index (κ2) is 5.06. The van der Waals surface area contributed by atoms with Gasteiger partial charge in [0.05, 0.1) is 12.6 Å². The van der Waals surface area contributed by atoms with Crippen molar-refractivity contribution in [2.75, 3.05) is 11.9 Å². The van der Waals surface area contributed by atoms with E-state index in [2.05, 4.69) is 10.6 Å². The quantitative estimate of drug-likeness (QED) is 0.836. The van der Waals surface area contributed by atoms with Crippen LogP contribution in [0.1, 0.15) is 22.7 Å². The molecule has 0 saturated heterocycles. The molecule has 102 valence electrons. The molecule has 0 radical (unpaired) electrons. The summed E-state index contributed by atoms with van der Waals surface area (Å²) in [5, 5.41) is 6.10. The Kier molecular flexibility index (Phi) is 3.24. The molecule has 1 amide bonds. The lowest BCUT2D eigenvalue weighted by Crippen LogP contribution is -2.27. The zero-order valence-electron chi connectivity index (χ0n) is 11.1. The van der Waals surface area contributed by atoms with Crippen LogP contribution in [0.25, 0.3) is 0 Å². The average molecular weight is 270 g/mol. The number of fused-ring (bicyclic) bond motifs is 1. The monoisotopic (exact) mass is 270 g/mol. The normalized spacial score (nSPS) is 18.1. The topological polar surface area (TPSA) is 41.1 Å². The summed E-state index contributed by atoms with van der Waals surface area (Å²) in [6.45, 7) is 2.24. The molecule has 1 aliphatic heterocycles. The van der Waals surface area contributed by atoms with E-state index in [1.165, 1.54) is 12.1 Å². The molecular formula is C16H15FN2O. The Bertz CT molecular complexity index is 652. The lowest BCUT2D eigenvalue weighted by molar-refractivity contribution is -0.115. The molecule has 1 aliphatic rings. The van der Waals surface area contributed by atoms with Gasteiger partial charge in [0.25, 0.3) is 0 Å². The minimum absolute atomic E-state index is 0.0697. The molecule has 0 bridgehead atoms. The molecule has 20 heavy (non-hydrogen) atoms. The number of aryl methyl sites for hydroxylation is 1. The Hall–Kier alpha value is -2.20. The SMILES string of the molecule is Cc1ccc2c(c1)C(c1ccc(F)cc1)NCC(=O)N2. The first kappa shape index (κ1) is 12.8. The van der Waals surface area contributed by atoms with Gasteiger partial charge in [-0.15, -0.1) is 0 Å². The van der Waals surface area contributed by atoms with Crippen LogP contribution >= 0.6 is 0 Å². The fraction of sp³-hybridized carbons (Fsp3) is 0.188. The predicted molar refractivity (Wildman–Crippen MR) is 76.1 cm³/mol. The van der Waals surface area contributed by atoms with E-state index in [4.69, 9.17) is 0 Å². The number of rotatable bonds is 1. The van der Waals surface area contributed by atoms with Crippen molar-refractivity contribution in [3.63, 3.8) is 0 Å². The third-order valence-corrected chi connectivity index (χ3v) is 3.46. The van der Waals surface area contributed by atoms with Gasteiger partial charge in [-0.05, 0) is 36.2 Å². The highest BCUT2D eigenvalue weighted by Crippen LogP contribution is 2.31. The zero-order chi connectivity index (χ0) is 14.1. The van der Waals surface area contributed by atoms with Gasteiger partial charge in [-0.1, -0.05) is 29.8 Å². The van der Waals surface area contributed by atoms with E-state index in [1.807, 2.05) is 25.1 Å². The van der Waals surface area contributed by atoms with E-state index < -0.39 is 0 Å². The van der Waals surface area contributed by atoms with E-state index in [0.717, 1.165) is 22.4 Å². The van der Waals surface area contributed by atoms with Crippen molar-refractivity contribution >= 4 is 11.6 Å². The summed E-state index contributed by atoms with van der Waals surface area (Å²) in [5.41, 5.74) is 3.87. The highest BCUT2D eigenvalue weighted by Gasteiger charge is 2.22. The Morgan fingerprint density at radius 2 is 1.90 bits per heavy atom. The Morgan fingerprint density at radius 3 is 2.65 bits per heavy atom. The minimum atomic E-state index is -0.263. The number of carbonyl (C=O) groups is 1. The Labute approximate surface area is 116 Å². The largest absolute Gasteiger partial charge is 0.325 e. The van der Waals surface area contributed by atoms with E-state index in [1.54, 1.807) is 12.1 Å². The summed E-state index contributed by atoms with van der Waals surface area (Å²) in [5.74, 6) is -0.333. The molecule has 1 unspecified atom stereocenters. The van der Waals surface area contributed by atoms with E-state index in [-0.39, 0.29) is 24.3 Å². The maximum absolute atomic E-state index is 13.1. The number of benzene rings is 2. The fourth-order valence-electron chi connectivity index (χ4n) is 2.49. The first-order chi connectivity index (χ1) is 9.63. The number of carbonyl (C=O) groups excluding carboxylic acids is 1. The van der Waals surface area contributed by atoms with Crippen molar-refractivity contribution < 1.29 is 9.18 Å². The van der Waals surface area contributed by atoms with E-state index >= 15 is 0 Å². The van der Waals surface area contributed by atoms with Crippen molar-refractivity contribution in [1.82, 2.24) is 5.32 Å². The zero-order valence-corrected chi connectivity index (χ0v) is 11.1. The third-order valence-electron chi connectivity index (χ3n) is 3.46. The molecule has 3 rings (SSSR count). The first-order valence-corrected chi connectivity index (χ1v) is 6.53. The minimum Gasteiger partial charge on any atom is -0.325 e. The molecule has 2 N–H and O–H groups in total. The molecule has 1 atom stereocenters. The maximum atomic E-state index is 13.1. The molecular weight excluding hydrogens is 255 g/mol. The Morgan fingerprint density at radius 1 is 1.15 bits per heavy atom. The molecule has 4 heteroatoms. The van der Waals surface area contributed by atoms with Crippen molar-refractivity contribution in [3.05, 3.63) is 65.0 Å². The second-order valence-corrected chi connectivity index (χ2v) is 5.00. The van der Waals surface area contributed by atoms with Gasteiger partial charge in [0, 0.05) is 5.69 Å². The van der Waals surface area contributed by atoms with Gasteiger partial charge >= 0.3 is 0 Å². The van der Waals surface area contributed by atoms with Crippen LogP contribution in [0.15, 0.2) is 42.5 Å². The van der Waals surface area contributed by atoms with Crippen molar-refractivity contribution in [2.45, 2.75) is 13.0 Å². The molecule has 0 aromatic heterocycles. The van der Waals surface area contributed by atoms with Crippen molar-refractivity contribution in [2.24, 2.45) is 0 Å². The van der Waals surface area contributed by atoms with E-state index in [0.29, 0.717) is 0 Å². The molecule has 2 aromatic rings. The third kappa shape index (κ3) is 2.42. The molecule has 1 heterocycles. The fourth-order valence-corrected chi connectivity index (χ4v) is 2.49. The molecule has 0 saturated carbocycles. The average Bonchev–Trinajstić information content (AvgIpc) is 2.58. The van der Waals surface area contributed by atoms with E-state index in [9.17, 15) is 9.18 Å². The molecule has 3 nitrogen and oxygen atoms in total. The highest BCUT2D eigenvalue weighted by molar-refractivity contribution is 5.94. The molecule has 0 fully saturated rings. The second-order valence-electron chi connectivity index (χ2n) is 5.00. The standard InChI is InChI=1S/C16H15FN2O/c1-10-2-7-14-13(8-10)16(18-9-15(20)19-14)11-3-5-12(17)6-4-11/h2-8,16,18H,9H2,1H3,(H,19,20). The number of amides is 1. The summed E-state index contributed by atoms with van der Waals surface area (Å²) < 4.78 is 13.1. The van der Waals surface area contributed by atoms with Gasteiger partial charge in [-0.25, -0.2) is 4.39 Å². The van der Waals surface area contributed by atoms with Gasteiger partial charge in [-0.2, -0.15) is 0 Å². The van der Waals surface area contributed by atoms with Crippen LogP contribution in [0.2, 0.25) is 0 Å². The van der Waals surface area contributed by atoms with Crippen molar-refractivity contribution in [3.8, 4) is 0 Å². The molecule has 2 aromatic carbocycles. The summed E-state index contributed by atoms with van der Waals surface area (Å²) in [6, 6.07) is 12.2. The molecule has 0 spiro atoms. The first-order valence-electron chi connectivity index (χ1n) is 6.53. The van der Waals surface area contributed by atoms with Crippen LogP contribution in [-0.4, -0.2) is 12.5 Å². The van der Waals surface area contributed by atoms with Gasteiger partial charge in [0.15, 0.2) is 0 Å². The predicted octanol–water partition coefficient (Wildman–Crippen LogP) is 2.77. The number of anilines is 1. The van der Waals surface area contributed by atoms with Gasteiger partial charge in [-0.3, -0.25) is 10.1 Å². The summed E-state index contributed by atoms with van der Waals surface area (Å²) in [6.07, 6.45) is 0. The van der Waals surface area contributed by atoms with Crippen LogP contribution in [-0.2, 0) is 4.79 Å². The van der Waals surface area contributed by atoms with Gasteiger partial charge in [0.2, 0.25) is 5.91 Å². The van der Waals surface area contributed by atoms with Crippen LogP contribution in [0, 0.1) is 12.7 Å². The lowest BCUT2D eigenvalue weighted by atomic mass is 9.96. The summed E-state index contributed by atoms with van der Waals surface area (Å²) in [4.78, 5) is 11.7.